The van der Waals surface area contributed by atoms with Crippen LogP contribution in [-0.4, -0.2) is 9.19 Å². The molecule has 1 aromatic carbocycles. The minimum atomic E-state index is -1.00. The number of hydrogen-bond donors (Lipinski definition) is 0. The first kappa shape index (κ1) is 12.5. The fourth-order valence-electron chi connectivity index (χ4n) is 2.67. The average Bonchev–Trinajstić information content (AvgIpc) is 2.46. The van der Waals surface area contributed by atoms with Gasteiger partial charge in [-0.1, -0.05) is 24.3 Å². The van der Waals surface area contributed by atoms with Gasteiger partial charge in [0.25, 0.3) is 0 Å². The van der Waals surface area contributed by atoms with Crippen LogP contribution in [0.5, 0.6) is 0 Å². The lowest BCUT2D eigenvalue weighted by Gasteiger charge is -2.24. The minimum Gasteiger partial charge on any atom is -0.259 e. The first-order valence-corrected chi connectivity index (χ1v) is 7.88. The summed E-state index contributed by atoms with van der Waals surface area (Å²) < 4.78 is 12.7. The molecule has 3 heteroatoms. The molecule has 1 heterocycles. The van der Waals surface area contributed by atoms with E-state index in [0.29, 0.717) is 0 Å². The van der Waals surface area contributed by atoms with Crippen LogP contribution >= 0.6 is 0 Å². The molecule has 98 valence electrons. The smallest absolute Gasteiger partial charge is 0.0819 e. The quantitative estimate of drug-likeness (QED) is 0.835. The lowest BCUT2D eigenvalue weighted by atomic mass is 9.95. The Morgan fingerprint density at radius 3 is 2.84 bits per heavy atom. The van der Waals surface area contributed by atoms with Crippen LogP contribution in [0, 0.1) is 6.92 Å². The van der Waals surface area contributed by atoms with Crippen LogP contribution in [0.15, 0.2) is 47.5 Å². The van der Waals surface area contributed by atoms with Gasteiger partial charge >= 0.3 is 0 Å². The van der Waals surface area contributed by atoms with E-state index in [1.807, 2.05) is 36.5 Å². The molecular weight excluding hydrogens is 254 g/mol. The first-order chi connectivity index (χ1) is 9.25. The molecule has 2 atom stereocenters. The third-order valence-electron chi connectivity index (χ3n) is 3.59. The lowest BCUT2D eigenvalue weighted by Crippen LogP contribution is -2.16. The Bertz CT molecular complexity index is 609. The van der Waals surface area contributed by atoms with Crippen LogP contribution in [0.25, 0.3) is 0 Å². The molecule has 0 aliphatic heterocycles. The van der Waals surface area contributed by atoms with Gasteiger partial charge < -0.3 is 0 Å². The maximum atomic E-state index is 12.7. The predicted molar refractivity (Wildman–Crippen MR) is 77.5 cm³/mol. The van der Waals surface area contributed by atoms with Crippen molar-refractivity contribution in [2.24, 2.45) is 0 Å². The van der Waals surface area contributed by atoms with E-state index >= 15 is 0 Å². The second-order valence-electron chi connectivity index (χ2n) is 5.05. The molecule has 0 spiro atoms. The molecule has 3 rings (SSSR count). The van der Waals surface area contributed by atoms with E-state index in [9.17, 15) is 4.21 Å². The molecule has 19 heavy (non-hydrogen) atoms. The summed E-state index contributed by atoms with van der Waals surface area (Å²) in [5.41, 5.74) is 3.50. The van der Waals surface area contributed by atoms with Gasteiger partial charge in [-0.25, -0.2) is 0 Å². The van der Waals surface area contributed by atoms with E-state index < -0.39 is 10.8 Å². The molecule has 0 saturated heterocycles. The summed E-state index contributed by atoms with van der Waals surface area (Å²) in [6.07, 6.45) is 5.01. The number of aryl methyl sites for hydroxylation is 2. The third kappa shape index (κ3) is 2.47. The second kappa shape index (κ2) is 5.25. The normalized spacial score (nSPS) is 19.7. The fourth-order valence-corrected chi connectivity index (χ4v) is 4.22. The van der Waals surface area contributed by atoms with Gasteiger partial charge in [-0.3, -0.25) is 9.19 Å². The Kier molecular flexibility index (Phi) is 3.47. The number of aromatic nitrogens is 1. The van der Waals surface area contributed by atoms with Crippen molar-refractivity contribution < 1.29 is 4.21 Å². The van der Waals surface area contributed by atoms with Crippen molar-refractivity contribution in [1.82, 2.24) is 4.98 Å². The zero-order valence-corrected chi connectivity index (χ0v) is 11.8. The zero-order chi connectivity index (χ0) is 13.2. The van der Waals surface area contributed by atoms with Gasteiger partial charge in [0.2, 0.25) is 0 Å². The fraction of sp³-hybridized carbons (Fsp3) is 0.312. The van der Waals surface area contributed by atoms with Crippen molar-refractivity contribution in [3.05, 3.63) is 59.4 Å². The molecule has 0 N–H and O–H groups in total. The highest BCUT2D eigenvalue weighted by Crippen LogP contribution is 2.35. The van der Waals surface area contributed by atoms with Gasteiger partial charge in [0.1, 0.15) is 0 Å². The molecule has 0 amide bonds. The van der Waals surface area contributed by atoms with Crippen molar-refractivity contribution in [2.45, 2.75) is 36.3 Å². The maximum absolute atomic E-state index is 12.7. The van der Waals surface area contributed by atoms with Gasteiger partial charge in [0.15, 0.2) is 0 Å². The summed E-state index contributed by atoms with van der Waals surface area (Å²) in [5.74, 6) is 0. The number of nitrogens with zero attached hydrogens (tertiary/aromatic N) is 1. The number of pyridine rings is 1. The highest BCUT2D eigenvalue weighted by molar-refractivity contribution is 7.85. The SMILES string of the molecule is Cc1cnc2c(c1)CCC[C@H]2[S@](=O)c1ccccc1. The average molecular weight is 271 g/mol. The molecule has 0 bridgehead atoms. The summed E-state index contributed by atoms with van der Waals surface area (Å²) in [7, 11) is -1.00. The second-order valence-corrected chi connectivity index (χ2v) is 6.68. The number of hydrogen-bond acceptors (Lipinski definition) is 2. The van der Waals surface area contributed by atoms with Crippen molar-refractivity contribution in [2.75, 3.05) is 0 Å². The Morgan fingerprint density at radius 1 is 1.26 bits per heavy atom. The van der Waals surface area contributed by atoms with E-state index in [1.54, 1.807) is 0 Å². The van der Waals surface area contributed by atoms with Crippen molar-refractivity contribution >= 4 is 10.8 Å². The molecule has 1 aliphatic rings. The van der Waals surface area contributed by atoms with Gasteiger partial charge in [-0.15, -0.1) is 0 Å². The van der Waals surface area contributed by atoms with Crippen LogP contribution in [0.4, 0.5) is 0 Å². The van der Waals surface area contributed by atoms with Crippen molar-refractivity contribution in [3.8, 4) is 0 Å². The Morgan fingerprint density at radius 2 is 2.05 bits per heavy atom. The van der Waals surface area contributed by atoms with Gasteiger partial charge in [-0.2, -0.15) is 0 Å². The van der Waals surface area contributed by atoms with Gasteiger partial charge in [-0.05, 0) is 49.4 Å². The summed E-state index contributed by atoms with van der Waals surface area (Å²) in [6.45, 7) is 2.06. The van der Waals surface area contributed by atoms with E-state index in [1.165, 1.54) is 11.1 Å². The van der Waals surface area contributed by atoms with Crippen LogP contribution in [0.2, 0.25) is 0 Å². The highest BCUT2D eigenvalue weighted by atomic mass is 32.2. The summed E-state index contributed by atoms with van der Waals surface area (Å²) in [6, 6.07) is 11.9. The lowest BCUT2D eigenvalue weighted by molar-refractivity contribution is 0.618. The highest BCUT2D eigenvalue weighted by Gasteiger charge is 2.27. The van der Waals surface area contributed by atoms with E-state index in [-0.39, 0.29) is 5.25 Å². The van der Waals surface area contributed by atoms with E-state index in [0.717, 1.165) is 29.9 Å². The van der Waals surface area contributed by atoms with Crippen LogP contribution in [0.1, 0.15) is 34.9 Å². The first-order valence-electron chi connectivity index (χ1n) is 6.67. The van der Waals surface area contributed by atoms with Gasteiger partial charge in [0.05, 0.1) is 21.7 Å². The molecule has 0 fully saturated rings. The molecule has 2 nitrogen and oxygen atoms in total. The molecular formula is C16H17NOS. The summed E-state index contributed by atoms with van der Waals surface area (Å²) in [5, 5.41) is 0.0479. The topological polar surface area (TPSA) is 30.0 Å². The number of benzene rings is 1. The monoisotopic (exact) mass is 271 g/mol. The molecule has 1 aromatic heterocycles. The van der Waals surface area contributed by atoms with Crippen molar-refractivity contribution in [1.29, 1.82) is 0 Å². The molecule has 0 saturated carbocycles. The third-order valence-corrected chi connectivity index (χ3v) is 5.30. The Labute approximate surface area is 116 Å². The van der Waals surface area contributed by atoms with Crippen molar-refractivity contribution in [3.63, 3.8) is 0 Å². The van der Waals surface area contributed by atoms with E-state index in [2.05, 4.69) is 18.0 Å². The van der Waals surface area contributed by atoms with Crippen LogP contribution < -0.4 is 0 Å². The molecule has 0 radical (unpaired) electrons. The molecule has 2 aromatic rings. The minimum absolute atomic E-state index is 0.0479. The zero-order valence-electron chi connectivity index (χ0n) is 11.0. The summed E-state index contributed by atoms with van der Waals surface area (Å²) >= 11 is 0. The Hall–Kier alpha value is -1.48. The van der Waals surface area contributed by atoms with E-state index in [4.69, 9.17) is 0 Å². The number of fused-ring (bicyclic) bond motifs is 1. The largest absolute Gasteiger partial charge is 0.259 e. The molecule has 0 unspecified atom stereocenters. The molecule has 1 aliphatic carbocycles. The predicted octanol–water partition coefficient (Wildman–Crippen LogP) is 3.58. The van der Waals surface area contributed by atoms with Crippen LogP contribution in [-0.2, 0) is 17.2 Å². The summed E-state index contributed by atoms with van der Waals surface area (Å²) in [4.78, 5) is 5.46. The van der Waals surface area contributed by atoms with Gasteiger partial charge in [0, 0.05) is 11.1 Å². The standard InChI is InChI=1S/C16H17NOS/c1-12-10-13-6-5-9-15(16(13)17-11-12)19(18)14-7-3-2-4-8-14/h2-4,7-8,10-11,15H,5-6,9H2,1H3/t15-,19-/m1/s1. The van der Waals surface area contributed by atoms with Crippen LogP contribution in [0.3, 0.4) is 0 Å². The maximum Gasteiger partial charge on any atom is 0.0819 e. The Balaban J connectivity index is 1.98. The number of rotatable bonds is 2.